The molecule has 0 bridgehead atoms. The zero-order valence-electron chi connectivity index (χ0n) is 16.3. The number of hydrogen-bond donors (Lipinski definition) is 2. The standard InChI is InChI=1S/C23H25N3O3/c27-23(28)18-26(20-7-2-1-3-8-20)17-19-10-12-21(13-11-19)29-16-6-15-25-22-9-4-5-14-24-22/h1-5,7-14H,6,15-18H2,(H,24,25)(H,27,28)/p+1. The van der Waals surface area contributed by atoms with Gasteiger partial charge < -0.3 is 14.7 Å². The van der Waals surface area contributed by atoms with Gasteiger partial charge in [-0.2, -0.15) is 0 Å². The Balaban J connectivity index is 1.46. The summed E-state index contributed by atoms with van der Waals surface area (Å²) in [5, 5.41) is 12.5. The number of carboxylic acid groups (broad SMARTS) is 1. The van der Waals surface area contributed by atoms with Gasteiger partial charge in [-0.3, -0.25) is 10.1 Å². The van der Waals surface area contributed by atoms with E-state index in [-0.39, 0.29) is 6.54 Å². The van der Waals surface area contributed by atoms with Crippen LogP contribution in [0.3, 0.4) is 0 Å². The maximum atomic E-state index is 11.2. The van der Waals surface area contributed by atoms with Crippen molar-refractivity contribution in [1.29, 1.82) is 0 Å². The molecular formula is C23H26N3O3+. The lowest BCUT2D eigenvalue weighted by molar-refractivity contribution is -0.361. The van der Waals surface area contributed by atoms with Gasteiger partial charge in [-0.05, 0) is 35.9 Å². The van der Waals surface area contributed by atoms with Gasteiger partial charge in [-0.25, -0.2) is 4.98 Å². The van der Waals surface area contributed by atoms with E-state index in [2.05, 4.69) is 10.3 Å². The number of aromatic amines is 1. The van der Waals surface area contributed by atoms with E-state index in [0.717, 1.165) is 35.8 Å². The number of pyridine rings is 1. The lowest BCUT2D eigenvalue weighted by Gasteiger charge is -2.23. The molecule has 6 nitrogen and oxygen atoms in total. The number of nitrogens with zero attached hydrogens (tertiary/aromatic N) is 1. The maximum absolute atomic E-state index is 11.2. The van der Waals surface area contributed by atoms with Crippen LogP contribution in [0.5, 0.6) is 5.75 Å². The quantitative estimate of drug-likeness (QED) is 0.489. The molecule has 6 heteroatoms. The fraction of sp³-hybridized carbons (Fsp3) is 0.217. The number of aliphatic carboxylic acids is 1. The number of H-pyrrole nitrogens is 1. The Kier molecular flexibility index (Phi) is 7.46. The molecule has 0 spiro atoms. The van der Waals surface area contributed by atoms with E-state index in [1.54, 1.807) is 0 Å². The van der Waals surface area contributed by atoms with Crippen LogP contribution >= 0.6 is 0 Å². The Morgan fingerprint density at radius 1 is 1.00 bits per heavy atom. The third-order valence-electron chi connectivity index (χ3n) is 4.36. The van der Waals surface area contributed by atoms with Crippen LogP contribution in [0.25, 0.3) is 0 Å². The molecule has 3 rings (SSSR count). The summed E-state index contributed by atoms with van der Waals surface area (Å²) in [6.45, 7) is 1.91. The van der Waals surface area contributed by atoms with Crippen LogP contribution in [-0.4, -0.2) is 30.8 Å². The van der Waals surface area contributed by atoms with Crippen LogP contribution in [0.15, 0.2) is 79.0 Å². The normalized spacial score (nSPS) is 10.3. The number of hydrogen-bond acceptors (Lipinski definition) is 4. The van der Waals surface area contributed by atoms with Crippen LogP contribution in [-0.2, 0) is 11.3 Å². The molecule has 0 aliphatic carbocycles. The van der Waals surface area contributed by atoms with E-state index in [9.17, 15) is 9.90 Å². The first-order chi connectivity index (χ1) is 14.2. The van der Waals surface area contributed by atoms with Gasteiger partial charge in [0.05, 0.1) is 19.3 Å². The van der Waals surface area contributed by atoms with Crippen molar-refractivity contribution in [3.63, 3.8) is 0 Å². The van der Waals surface area contributed by atoms with Crippen molar-refractivity contribution in [2.75, 3.05) is 29.9 Å². The minimum atomic E-state index is -0.851. The van der Waals surface area contributed by atoms with Gasteiger partial charge in [0.15, 0.2) is 0 Å². The summed E-state index contributed by atoms with van der Waals surface area (Å²) in [6, 6.07) is 23.3. The Hall–Kier alpha value is -3.54. The molecule has 0 saturated carbocycles. The van der Waals surface area contributed by atoms with Crippen LogP contribution < -0.4 is 19.9 Å². The van der Waals surface area contributed by atoms with Crippen LogP contribution in [0.1, 0.15) is 12.0 Å². The molecule has 1 aromatic heterocycles. The summed E-state index contributed by atoms with van der Waals surface area (Å²) in [6.07, 6.45) is 2.76. The minimum Gasteiger partial charge on any atom is -0.493 e. The zero-order chi connectivity index (χ0) is 20.3. The Bertz CT molecular complexity index is 871. The van der Waals surface area contributed by atoms with Gasteiger partial charge in [-0.15, -0.1) is 0 Å². The summed E-state index contributed by atoms with van der Waals surface area (Å²) in [4.78, 5) is 16.2. The topological polar surface area (TPSA) is 75.9 Å². The molecule has 0 fully saturated rings. The summed E-state index contributed by atoms with van der Waals surface area (Å²) >= 11 is 0. The highest BCUT2D eigenvalue weighted by molar-refractivity contribution is 5.73. The maximum Gasteiger partial charge on any atom is 0.323 e. The predicted octanol–water partition coefficient (Wildman–Crippen LogP) is 3.47. The molecule has 29 heavy (non-hydrogen) atoms. The molecule has 0 aliphatic heterocycles. The summed E-state index contributed by atoms with van der Waals surface area (Å²) in [5.41, 5.74) is 1.92. The van der Waals surface area contributed by atoms with E-state index < -0.39 is 5.97 Å². The molecule has 0 unspecified atom stereocenters. The van der Waals surface area contributed by atoms with E-state index in [1.165, 1.54) is 0 Å². The SMILES string of the molecule is O=C(O)CN(Cc1ccc(OCCCNc2cccc[nH+]2)cc1)c1ccccc1. The van der Waals surface area contributed by atoms with Crippen molar-refractivity contribution in [3.05, 3.63) is 84.6 Å². The third-order valence-corrected chi connectivity index (χ3v) is 4.36. The van der Waals surface area contributed by atoms with Crippen LogP contribution in [0.4, 0.5) is 11.5 Å². The molecule has 3 N–H and O–H groups in total. The number of carbonyl (C=O) groups is 1. The highest BCUT2D eigenvalue weighted by Crippen LogP contribution is 2.19. The Morgan fingerprint density at radius 3 is 2.45 bits per heavy atom. The van der Waals surface area contributed by atoms with Gasteiger partial charge in [0.1, 0.15) is 12.3 Å². The van der Waals surface area contributed by atoms with Gasteiger partial charge in [0, 0.05) is 24.7 Å². The van der Waals surface area contributed by atoms with Gasteiger partial charge >= 0.3 is 5.97 Å². The second kappa shape index (κ2) is 10.7. The second-order valence-electron chi connectivity index (χ2n) is 6.63. The first-order valence-corrected chi connectivity index (χ1v) is 9.65. The van der Waals surface area contributed by atoms with Crippen molar-refractivity contribution in [3.8, 4) is 5.75 Å². The monoisotopic (exact) mass is 392 g/mol. The predicted molar refractivity (Wildman–Crippen MR) is 113 cm³/mol. The van der Waals surface area contributed by atoms with Gasteiger partial charge in [0.2, 0.25) is 0 Å². The minimum absolute atomic E-state index is 0.0475. The molecule has 150 valence electrons. The van der Waals surface area contributed by atoms with Crippen LogP contribution in [0, 0.1) is 0 Å². The Labute approximate surface area is 170 Å². The number of para-hydroxylation sites is 1. The molecule has 0 amide bonds. The highest BCUT2D eigenvalue weighted by Gasteiger charge is 2.11. The first-order valence-electron chi connectivity index (χ1n) is 9.65. The molecular weight excluding hydrogens is 366 g/mol. The fourth-order valence-corrected chi connectivity index (χ4v) is 2.94. The summed E-state index contributed by atoms with van der Waals surface area (Å²) in [7, 11) is 0. The van der Waals surface area contributed by atoms with Crippen LogP contribution in [0.2, 0.25) is 0 Å². The van der Waals surface area contributed by atoms with E-state index in [1.807, 2.05) is 83.9 Å². The van der Waals surface area contributed by atoms with Crippen molar-refractivity contribution < 1.29 is 19.6 Å². The molecule has 0 radical (unpaired) electrons. The van der Waals surface area contributed by atoms with E-state index >= 15 is 0 Å². The molecule has 0 saturated heterocycles. The number of aromatic nitrogens is 1. The highest BCUT2D eigenvalue weighted by atomic mass is 16.5. The van der Waals surface area contributed by atoms with E-state index in [0.29, 0.717) is 13.2 Å². The van der Waals surface area contributed by atoms with Crippen molar-refractivity contribution in [2.45, 2.75) is 13.0 Å². The van der Waals surface area contributed by atoms with Crippen molar-refractivity contribution in [1.82, 2.24) is 0 Å². The Morgan fingerprint density at radius 2 is 1.76 bits per heavy atom. The molecule has 3 aromatic rings. The number of nitrogens with one attached hydrogen (secondary N) is 2. The van der Waals surface area contributed by atoms with Crippen molar-refractivity contribution in [2.24, 2.45) is 0 Å². The number of rotatable bonds is 11. The smallest absolute Gasteiger partial charge is 0.323 e. The molecule has 0 atom stereocenters. The summed E-state index contributed by atoms with van der Waals surface area (Å²) in [5.74, 6) is 0.946. The first kappa shape index (κ1) is 20.2. The lowest BCUT2D eigenvalue weighted by Crippen LogP contribution is -2.29. The second-order valence-corrected chi connectivity index (χ2v) is 6.63. The lowest BCUT2D eigenvalue weighted by atomic mass is 10.2. The van der Waals surface area contributed by atoms with Gasteiger partial charge in [-0.1, -0.05) is 36.4 Å². The molecule has 1 heterocycles. The number of anilines is 2. The molecule has 0 aliphatic rings. The number of ether oxygens (including phenoxy) is 1. The summed E-state index contributed by atoms with van der Waals surface area (Å²) < 4.78 is 5.80. The largest absolute Gasteiger partial charge is 0.493 e. The number of carboxylic acids is 1. The van der Waals surface area contributed by atoms with E-state index in [4.69, 9.17) is 4.74 Å². The van der Waals surface area contributed by atoms with Gasteiger partial charge in [0.25, 0.3) is 5.82 Å². The number of benzene rings is 2. The fourth-order valence-electron chi connectivity index (χ4n) is 2.94. The third kappa shape index (κ3) is 6.84. The zero-order valence-corrected chi connectivity index (χ0v) is 16.3. The van der Waals surface area contributed by atoms with Crippen molar-refractivity contribution >= 4 is 17.5 Å². The average Bonchev–Trinajstić information content (AvgIpc) is 2.75. The molecule has 2 aromatic carbocycles. The average molecular weight is 392 g/mol.